The summed E-state index contributed by atoms with van der Waals surface area (Å²) < 4.78 is 0. The molecule has 0 unspecified atom stereocenters. The Morgan fingerprint density at radius 3 is 3.27 bits per heavy atom. The van der Waals surface area contributed by atoms with Crippen LogP contribution in [0.5, 0.6) is 0 Å². The minimum Gasteiger partial charge on any atom is -0.376 e. The number of thioether (sulfide) groups is 1. The molecule has 0 radical (unpaired) electrons. The highest BCUT2D eigenvalue weighted by molar-refractivity contribution is 8.00. The molecule has 0 bridgehead atoms. The van der Waals surface area contributed by atoms with Gasteiger partial charge in [-0.25, -0.2) is 0 Å². The van der Waals surface area contributed by atoms with Crippen LogP contribution in [0.1, 0.15) is 6.42 Å². The Morgan fingerprint density at radius 2 is 2.64 bits per heavy atom. The molecule has 1 N–H and O–H groups in total. The zero-order chi connectivity index (χ0) is 7.94. The third-order valence-corrected chi connectivity index (χ3v) is 2.46. The van der Waals surface area contributed by atoms with Crippen molar-refractivity contribution < 1.29 is 0 Å². The van der Waals surface area contributed by atoms with Crippen molar-refractivity contribution in [3.63, 3.8) is 0 Å². The Bertz CT molecular complexity index is 185. The van der Waals surface area contributed by atoms with Crippen molar-refractivity contribution in [2.45, 2.75) is 6.42 Å². The molecule has 1 nitrogen and oxygen atoms in total. The van der Waals surface area contributed by atoms with Gasteiger partial charge in [-0.3, -0.25) is 0 Å². The highest BCUT2D eigenvalue weighted by atomic mass is 32.2. The number of hydrogen-bond donors (Lipinski definition) is 1. The van der Waals surface area contributed by atoms with Gasteiger partial charge in [-0.2, -0.15) is 0 Å². The predicted octanol–water partition coefficient (Wildman–Crippen LogP) is 2.11. The first-order valence-electron chi connectivity index (χ1n) is 3.55. The minimum atomic E-state index is 0.944. The topological polar surface area (TPSA) is 12.0 Å². The fraction of sp³-hybridized carbons (Fsp3) is 0.375. The van der Waals surface area contributed by atoms with Gasteiger partial charge in [0.15, 0.2) is 0 Å². The molecule has 0 heterocycles. The van der Waals surface area contributed by atoms with Crippen molar-refractivity contribution in [1.82, 2.24) is 5.32 Å². The van der Waals surface area contributed by atoms with Gasteiger partial charge in [0.1, 0.15) is 0 Å². The largest absolute Gasteiger partial charge is 0.376 e. The van der Waals surface area contributed by atoms with Crippen molar-refractivity contribution in [1.29, 1.82) is 0 Å². The lowest BCUT2D eigenvalue weighted by Crippen LogP contribution is -2.09. The molecule has 3 heteroatoms. The van der Waals surface area contributed by atoms with Crippen LogP contribution in [-0.4, -0.2) is 17.0 Å². The summed E-state index contributed by atoms with van der Waals surface area (Å²) in [5.41, 5.74) is 1.24. The highest BCUT2D eigenvalue weighted by Gasteiger charge is 1.94. The van der Waals surface area contributed by atoms with Crippen LogP contribution in [0.4, 0.5) is 0 Å². The summed E-state index contributed by atoms with van der Waals surface area (Å²) in [5.74, 6) is 1.89. The molecule has 0 aromatic heterocycles. The molecule has 0 saturated heterocycles. The second-order valence-corrected chi connectivity index (χ2v) is 3.52. The smallest absolute Gasteiger partial charge is 0.0614 e. The van der Waals surface area contributed by atoms with Gasteiger partial charge < -0.3 is 5.32 Å². The number of hydrogen-bond acceptors (Lipinski definition) is 3. The molecule has 0 saturated carbocycles. The van der Waals surface area contributed by atoms with E-state index in [9.17, 15) is 0 Å². The second-order valence-electron chi connectivity index (χ2n) is 2.16. The maximum Gasteiger partial charge on any atom is 0.0614 e. The number of allylic oxidation sites excluding steroid dienone is 3. The van der Waals surface area contributed by atoms with E-state index < -0.39 is 0 Å². The van der Waals surface area contributed by atoms with Crippen LogP contribution < -0.4 is 5.32 Å². The van der Waals surface area contributed by atoms with Crippen LogP contribution in [0.25, 0.3) is 0 Å². The van der Waals surface area contributed by atoms with Crippen molar-refractivity contribution in [2.24, 2.45) is 0 Å². The molecule has 1 aliphatic rings. The summed E-state index contributed by atoms with van der Waals surface area (Å²) in [6.45, 7) is 0. The van der Waals surface area contributed by atoms with Gasteiger partial charge in [0, 0.05) is 11.4 Å². The molecule has 11 heavy (non-hydrogen) atoms. The Morgan fingerprint density at radius 1 is 1.73 bits per heavy atom. The quantitative estimate of drug-likeness (QED) is 0.400. The lowest BCUT2D eigenvalue weighted by molar-refractivity contribution is 1.00. The molecule has 0 fully saturated rings. The average Bonchev–Trinajstić information content (AvgIpc) is 2.50. The summed E-state index contributed by atoms with van der Waals surface area (Å²) in [4.78, 5) is 0. The first-order valence-corrected chi connectivity index (χ1v) is 5.18. The average molecular weight is 185 g/mol. The highest BCUT2D eigenvalue weighted by Crippen LogP contribution is 2.06. The lowest BCUT2D eigenvalue weighted by Gasteiger charge is -2.02. The van der Waals surface area contributed by atoms with E-state index in [1.165, 1.54) is 5.70 Å². The predicted molar refractivity (Wildman–Crippen MR) is 56.0 cm³/mol. The van der Waals surface area contributed by atoms with Crippen molar-refractivity contribution in [3.05, 3.63) is 23.9 Å². The Kier molecular flexibility index (Phi) is 4.31. The first kappa shape index (κ1) is 8.81. The maximum absolute atomic E-state index is 4.70. The lowest BCUT2D eigenvalue weighted by atomic mass is 10.5. The van der Waals surface area contributed by atoms with Crippen molar-refractivity contribution >= 4 is 29.3 Å². The Balaban J connectivity index is 2.03. The maximum atomic E-state index is 4.70. The van der Waals surface area contributed by atoms with E-state index in [1.807, 2.05) is 0 Å². The number of thiocarbonyl (C=S) groups is 1. The van der Waals surface area contributed by atoms with Crippen LogP contribution in [-0.2, 0) is 0 Å². The summed E-state index contributed by atoms with van der Waals surface area (Å²) in [6.07, 6.45) is 7.50. The summed E-state index contributed by atoms with van der Waals surface area (Å²) in [6, 6.07) is 0. The molecule has 60 valence electrons. The molecular formula is C8H11NS2. The van der Waals surface area contributed by atoms with Gasteiger partial charge in [-0.1, -0.05) is 24.4 Å². The van der Waals surface area contributed by atoms with Gasteiger partial charge in [0.25, 0.3) is 0 Å². The normalized spacial score (nSPS) is 14.7. The van der Waals surface area contributed by atoms with Gasteiger partial charge >= 0.3 is 0 Å². The summed E-state index contributed by atoms with van der Waals surface area (Å²) in [7, 11) is 0. The fourth-order valence-corrected chi connectivity index (χ4v) is 1.60. The molecule has 1 aliphatic carbocycles. The summed E-state index contributed by atoms with van der Waals surface area (Å²) >= 11 is 6.49. The SMILES string of the molecule is S=CCSCNC1=CCC=C1. The molecular weight excluding hydrogens is 174 g/mol. The van der Waals surface area contributed by atoms with E-state index in [-0.39, 0.29) is 0 Å². The van der Waals surface area contributed by atoms with Crippen LogP contribution in [0.2, 0.25) is 0 Å². The molecule has 0 aliphatic heterocycles. The second kappa shape index (κ2) is 5.38. The van der Waals surface area contributed by atoms with Crippen molar-refractivity contribution in [3.8, 4) is 0 Å². The van der Waals surface area contributed by atoms with Crippen LogP contribution >= 0.6 is 24.0 Å². The molecule has 0 aromatic rings. The van der Waals surface area contributed by atoms with E-state index in [0.29, 0.717) is 0 Å². The third kappa shape index (κ3) is 3.58. The minimum absolute atomic E-state index is 0.944. The van der Waals surface area contributed by atoms with Gasteiger partial charge in [-0.15, -0.1) is 11.8 Å². The summed E-state index contributed by atoms with van der Waals surface area (Å²) in [5, 5.41) is 5.04. The fourth-order valence-electron chi connectivity index (χ4n) is 0.831. The number of nitrogens with one attached hydrogen (secondary N) is 1. The standard InChI is InChI=1S/C8H11NS2/c10-5-6-11-7-9-8-3-1-2-4-8/h1,3-5,9H,2,6-7H2. The Hall–Kier alpha value is -0.280. The zero-order valence-corrected chi connectivity index (χ0v) is 7.88. The molecule has 0 amide bonds. The van der Waals surface area contributed by atoms with Gasteiger partial charge in [-0.05, 0) is 17.9 Å². The first-order chi connectivity index (χ1) is 5.43. The number of rotatable bonds is 5. The Labute approximate surface area is 76.9 Å². The van der Waals surface area contributed by atoms with E-state index >= 15 is 0 Å². The van der Waals surface area contributed by atoms with Crippen LogP contribution in [0, 0.1) is 0 Å². The zero-order valence-electron chi connectivity index (χ0n) is 6.25. The monoisotopic (exact) mass is 185 g/mol. The van der Waals surface area contributed by atoms with E-state index in [2.05, 4.69) is 23.5 Å². The molecule has 0 spiro atoms. The van der Waals surface area contributed by atoms with Crippen LogP contribution in [0.15, 0.2) is 23.9 Å². The van der Waals surface area contributed by atoms with E-state index in [4.69, 9.17) is 12.2 Å². The molecule has 0 aromatic carbocycles. The molecule has 1 rings (SSSR count). The van der Waals surface area contributed by atoms with Crippen LogP contribution in [0.3, 0.4) is 0 Å². The van der Waals surface area contributed by atoms with E-state index in [0.717, 1.165) is 18.1 Å². The van der Waals surface area contributed by atoms with E-state index in [1.54, 1.807) is 17.1 Å². The van der Waals surface area contributed by atoms with Crippen molar-refractivity contribution in [2.75, 3.05) is 11.6 Å². The van der Waals surface area contributed by atoms with Gasteiger partial charge in [0.05, 0.1) is 5.88 Å². The third-order valence-electron chi connectivity index (χ3n) is 1.34. The molecule has 0 atom stereocenters. The van der Waals surface area contributed by atoms with Gasteiger partial charge in [0.2, 0.25) is 0 Å².